The molecule has 1 aliphatic carbocycles. The number of Topliss-reactive ketones (excluding diaryl/α,β-unsaturated/α-hetero) is 1. The Morgan fingerprint density at radius 2 is 1.05 bits per heavy atom. The van der Waals surface area contributed by atoms with Gasteiger partial charge in [0.05, 0.1) is 4.08 Å². The smallest absolute Gasteiger partial charge is 0.160 e. The molecule has 7 heteroatoms. The van der Waals surface area contributed by atoms with Gasteiger partial charge in [0.2, 0.25) is 0 Å². The van der Waals surface area contributed by atoms with Crippen LogP contribution in [0.25, 0.3) is 0 Å². The number of ketones is 1. The van der Waals surface area contributed by atoms with Crippen molar-refractivity contribution >= 4 is 81.6 Å². The van der Waals surface area contributed by atoms with Crippen molar-refractivity contribution in [1.29, 1.82) is 0 Å². The highest BCUT2D eigenvalue weighted by Gasteiger charge is 2.56. The van der Waals surface area contributed by atoms with E-state index in [1.807, 2.05) is 0 Å². The summed E-state index contributed by atoms with van der Waals surface area (Å²) in [5.74, 6) is -0.0495. The van der Waals surface area contributed by atoms with Crippen molar-refractivity contribution in [1.82, 2.24) is 0 Å². The summed E-state index contributed by atoms with van der Waals surface area (Å²) >= 11 is 27.5. The van der Waals surface area contributed by atoms with Crippen molar-refractivity contribution in [2.45, 2.75) is 82.9 Å². The van der Waals surface area contributed by atoms with Gasteiger partial charge in [-0.1, -0.05) is 51.4 Å². The van der Waals surface area contributed by atoms with Crippen molar-refractivity contribution in [3.63, 3.8) is 0 Å². The van der Waals surface area contributed by atoms with E-state index < -0.39 is 12.2 Å². The lowest BCUT2D eigenvalue weighted by Gasteiger charge is -2.46. The fourth-order valence-electron chi connectivity index (χ4n) is 2.72. The first kappa shape index (κ1) is 21.8. The van der Waals surface area contributed by atoms with Gasteiger partial charge in [0, 0.05) is 6.42 Å². The van der Waals surface area contributed by atoms with Gasteiger partial charge in [-0.25, -0.2) is 0 Å². The van der Waals surface area contributed by atoms with Gasteiger partial charge < -0.3 is 0 Å². The Hall–Kier alpha value is 1.77. The quantitative estimate of drug-likeness (QED) is 0.226. The Balaban J connectivity index is 2.88. The van der Waals surface area contributed by atoms with Crippen molar-refractivity contribution in [2.24, 2.45) is 0 Å². The van der Waals surface area contributed by atoms with E-state index in [4.69, 9.17) is 0 Å². The van der Waals surface area contributed by atoms with Crippen LogP contribution >= 0.6 is 75.8 Å². The Kier molecular flexibility index (Phi) is 9.38. The third-order valence-corrected chi connectivity index (χ3v) is 9.50. The first-order valence-corrected chi connectivity index (χ1v) is 10.7. The van der Waals surface area contributed by atoms with Crippen LogP contribution in [0.1, 0.15) is 70.6 Å². The third-order valence-electron chi connectivity index (χ3n) is 4.36. The van der Waals surface area contributed by atoms with Gasteiger partial charge in [-0.15, -0.1) is 0 Å². The van der Waals surface area contributed by atoms with Crippen molar-refractivity contribution in [3.8, 4) is 0 Å². The molecule has 0 atom stereocenters. The zero-order chi connectivity index (χ0) is 16.9. The first-order valence-electron chi connectivity index (χ1n) is 8.00. The SMILES string of the molecule is O=C1CCCCCCCCCCCC(S)(S)C(S)(S)C1(S)S. The van der Waals surface area contributed by atoms with E-state index in [-0.39, 0.29) is 5.78 Å². The van der Waals surface area contributed by atoms with Crippen LogP contribution in [0.4, 0.5) is 0 Å². The predicted octanol–water partition coefficient (Wildman–Crippen LogP) is 5.53. The van der Waals surface area contributed by atoms with Gasteiger partial charge >= 0.3 is 0 Å². The van der Waals surface area contributed by atoms with Gasteiger partial charge in [-0.3, -0.25) is 4.79 Å². The lowest BCUT2D eigenvalue weighted by Crippen LogP contribution is -2.54. The number of thiol groups is 6. The number of rotatable bonds is 0. The lowest BCUT2D eigenvalue weighted by molar-refractivity contribution is -0.119. The Labute approximate surface area is 168 Å². The molecule has 0 saturated heterocycles. The monoisotopic (exact) mass is 416 g/mol. The summed E-state index contributed by atoms with van der Waals surface area (Å²) in [5, 5.41) is 0. The molecule has 1 aliphatic rings. The van der Waals surface area contributed by atoms with Gasteiger partial charge in [0.25, 0.3) is 0 Å². The Bertz CT molecular complexity index is 367. The maximum Gasteiger partial charge on any atom is 0.160 e. The molecule has 0 N–H and O–H groups in total. The fourth-order valence-corrected chi connectivity index (χ4v) is 4.80. The van der Waals surface area contributed by atoms with E-state index in [9.17, 15) is 4.79 Å². The molecule has 1 saturated carbocycles. The fraction of sp³-hybridized carbons (Fsp3) is 0.933. The second-order valence-corrected chi connectivity index (χ2v) is 11.5. The Morgan fingerprint density at radius 1 is 0.636 bits per heavy atom. The zero-order valence-electron chi connectivity index (χ0n) is 12.9. The molecule has 0 unspecified atom stereocenters. The molecule has 1 rings (SSSR count). The summed E-state index contributed by atoms with van der Waals surface area (Å²) in [7, 11) is 0. The summed E-state index contributed by atoms with van der Waals surface area (Å²) in [5.41, 5.74) is 0. The van der Waals surface area contributed by atoms with Crippen LogP contribution in [-0.4, -0.2) is 18.0 Å². The minimum absolute atomic E-state index is 0.0495. The third kappa shape index (κ3) is 5.65. The van der Waals surface area contributed by atoms with Gasteiger partial charge in [0.1, 0.15) is 8.16 Å². The van der Waals surface area contributed by atoms with Crippen LogP contribution < -0.4 is 0 Å². The summed E-state index contributed by atoms with van der Waals surface area (Å²) in [6, 6.07) is 0. The molecule has 0 aromatic rings. The van der Waals surface area contributed by atoms with Gasteiger partial charge in [0.15, 0.2) is 5.78 Å². The first-order chi connectivity index (χ1) is 10.1. The van der Waals surface area contributed by atoms with Crippen molar-refractivity contribution < 1.29 is 4.79 Å². The molecule has 0 radical (unpaired) electrons. The van der Waals surface area contributed by atoms with E-state index in [1.54, 1.807) is 0 Å². The van der Waals surface area contributed by atoms with E-state index >= 15 is 0 Å². The van der Waals surface area contributed by atoms with Crippen molar-refractivity contribution in [2.75, 3.05) is 0 Å². The molecule has 0 amide bonds. The van der Waals surface area contributed by atoms with Gasteiger partial charge in [-0.05, 0) is 12.8 Å². The van der Waals surface area contributed by atoms with Crippen LogP contribution in [-0.2, 0) is 4.79 Å². The summed E-state index contributed by atoms with van der Waals surface area (Å²) in [6.07, 6.45) is 11.5. The highest BCUT2D eigenvalue weighted by molar-refractivity contribution is 8.12. The highest BCUT2D eigenvalue weighted by Crippen LogP contribution is 2.55. The largest absolute Gasteiger partial charge is 0.297 e. The molecule has 0 aromatic carbocycles. The van der Waals surface area contributed by atoms with Crippen LogP contribution in [0.3, 0.4) is 0 Å². The second-order valence-electron chi connectivity index (χ2n) is 6.27. The van der Waals surface area contributed by atoms with Gasteiger partial charge in [-0.2, -0.15) is 75.8 Å². The summed E-state index contributed by atoms with van der Waals surface area (Å²) in [6.45, 7) is 0. The normalized spacial score (nSPS) is 27.6. The Morgan fingerprint density at radius 3 is 1.55 bits per heavy atom. The molecule has 1 nitrogen and oxygen atoms in total. The number of hydrogen-bond donors (Lipinski definition) is 6. The molecule has 0 spiro atoms. The molecule has 1 fully saturated rings. The average molecular weight is 417 g/mol. The molecular weight excluding hydrogens is 389 g/mol. The molecule has 0 aromatic heterocycles. The molecule has 0 bridgehead atoms. The topological polar surface area (TPSA) is 17.1 Å². The number of carbonyl (C=O) groups excluding carboxylic acids is 1. The second kappa shape index (κ2) is 9.46. The zero-order valence-corrected chi connectivity index (χ0v) is 18.2. The summed E-state index contributed by atoms with van der Waals surface area (Å²) < 4.78 is -3.24. The van der Waals surface area contributed by atoms with Crippen LogP contribution in [0.5, 0.6) is 0 Å². The molecule has 130 valence electrons. The molecular formula is C15H28OS6. The highest BCUT2D eigenvalue weighted by atomic mass is 32.2. The van der Waals surface area contributed by atoms with E-state index in [0.29, 0.717) is 12.8 Å². The standard InChI is InChI=1S/C15H28OS6/c16-12-10-8-6-4-2-1-3-5-7-9-11-13(17,18)15(21,22)14(12,19)20/h17-22H,1-11H2. The van der Waals surface area contributed by atoms with E-state index in [1.165, 1.54) is 32.1 Å². The molecule has 22 heavy (non-hydrogen) atoms. The average Bonchev–Trinajstić information content (AvgIpc) is 2.43. The minimum Gasteiger partial charge on any atom is -0.297 e. The predicted molar refractivity (Wildman–Crippen MR) is 118 cm³/mol. The molecule has 0 heterocycles. The maximum atomic E-state index is 12.6. The maximum absolute atomic E-state index is 12.6. The number of carbonyl (C=O) groups is 1. The minimum atomic E-state index is -1.27. The summed E-state index contributed by atoms with van der Waals surface area (Å²) in [4.78, 5) is 12.6. The van der Waals surface area contributed by atoms with Crippen LogP contribution in [0.2, 0.25) is 0 Å². The number of hydrogen-bond acceptors (Lipinski definition) is 7. The molecule has 0 aliphatic heterocycles. The van der Waals surface area contributed by atoms with Crippen LogP contribution in [0, 0.1) is 0 Å². The van der Waals surface area contributed by atoms with E-state index in [2.05, 4.69) is 75.8 Å². The van der Waals surface area contributed by atoms with E-state index in [0.717, 1.165) is 25.7 Å². The van der Waals surface area contributed by atoms with Crippen molar-refractivity contribution in [3.05, 3.63) is 0 Å². The van der Waals surface area contributed by atoms with Crippen LogP contribution in [0.15, 0.2) is 0 Å². The lowest BCUT2D eigenvalue weighted by atomic mass is 10.0.